The molecule has 2 atom stereocenters. The number of aromatic nitrogens is 1. The van der Waals surface area contributed by atoms with Crippen molar-refractivity contribution in [3.8, 4) is 17.4 Å². The van der Waals surface area contributed by atoms with Crippen LogP contribution >= 0.6 is 0 Å². The summed E-state index contributed by atoms with van der Waals surface area (Å²) in [5.74, 6) is -7.01. The lowest BCUT2D eigenvalue weighted by Crippen LogP contribution is -2.35. The highest BCUT2D eigenvalue weighted by molar-refractivity contribution is 6.20. The van der Waals surface area contributed by atoms with Gasteiger partial charge < -0.3 is 9.47 Å². The van der Waals surface area contributed by atoms with Crippen molar-refractivity contribution >= 4 is 29.0 Å². The quantitative estimate of drug-likeness (QED) is 0.221. The van der Waals surface area contributed by atoms with E-state index < -0.39 is 69.9 Å². The summed E-state index contributed by atoms with van der Waals surface area (Å²) >= 11 is 0. The monoisotopic (exact) mass is 525 g/mol. The second kappa shape index (κ2) is 10.3. The van der Waals surface area contributed by atoms with Crippen molar-refractivity contribution in [3.63, 3.8) is 0 Å². The Bertz CT molecular complexity index is 1310. The van der Waals surface area contributed by atoms with Crippen molar-refractivity contribution < 1.29 is 46.3 Å². The molecular weight excluding hydrogens is 506 g/mol. The topological polar surface area (TPSA) is 129 Å². The first kappa shape index (κ1) is 27.2. The summed E-state index contributed by atoms with van der Waals surface area (Å²) in [6.45, 7) is 3.75. The molecule has 0 saturated carbocycles. The highest BCUT2D eigenvalue weighted by atomic mass is 19.4. The Hall–Kier alpha value is -4.36. The number of nitro groups is 1. The number of rotatable bonds is 7. The molecule has 196 valence electrons. The summed E-state index contributed by atoms with van der Waals surface area (Å²) in [6.07, 6.45) is -5.21. The van der Waals surface area contributed by atoms with Gasteiger partial charge in [-0.1, -0.05) is 6.92 Å². The van der Waals surface area contributed by atoms with Crippen LogP contribution < -0.4 is 14.4 Å². The van der Waals surface area contributed by atoms with E-state index in [4.69, 9.17) is 9.47 Å². The first-order chi connectivity index (χ1) is 17.2. The Kier molecular flexibility index (Phi) is 7.60. The Morgan fingerprint density at radius 2 is 1.95 bits per heavy atom. The number of anilines is 1. The number of alkyl halides is 3. The van der Waals surface area contributed by atoms with Crippen LogP contribution in [0.4, 0.5) is 28.9 Å². The highest BCUT2D eigenvalue weighted by Crippen LogP contribution is 2.41. The van der Waals surface area contributed by atoms with Crippen molar-refractivity contribution in [3.05, 3.63) is 58.0 Å². The fraction of sp³-hybridized carbons (Fsp3) is 0.304. The van der Waals surface area contributed by atoms with Gasteiger partial charge in [0.25, 0.3) is 11.8 Å². The number of carbonyl (C=O) groups is 3. The van der Waals surface area contributed by atoms with E-state index in [1.807, 2.05) is 0 Å². The molecule has 0 spiro atoms. The minimum atomic E-state index is -4.92. The molecule has 0 fully saturated rings. The van der Waals surface area contributed by atoms with Gasteiger partial charge in [-0.3, -0.25) is 24.5 Å². The van der Waals surface area contributed by atoms with Gasteiger partial charge in [0.15, 0.2) is 23.5 Å². The maximum atomic E-state index is 14.9. The van der Waals surface area contributed by atoms with Crippen LogP contribution in [0.15, 0.2) is 42.1 Å². The van der Waals surface area contributed by atoms with Crippen molar-refractivity contribution in [2.75, 3.05) is 4.90 Å². The Morgan fingerprint density at radius 3 is 2.54 bits per heavy atom. The molecule has 0 aliphatic carbocycles. The van der Waals surface area contributed by atoms with Gasteiger partial charge in [0.2, 0.25) is 11.7 Å². The molecule has 37 heavy (non-hydrogen) atoms. The number of allylic oxidation sites excluding steroid dienone is 1. The van der Waals surface area contributed by atoms with Gasteiger partial charge in [0.1, 0.15) is 0 Å². The molecule has 2 amide bonds. The summed E-state index contributed by atoms with van der Waals surface area (Å²) in [6, 6.07) is 3.64. The molecule has 10 nitrogen and oxygen atoms in total. The van der Waals surface area contributed by atoms with Crippen LogP contribution in [0.3, 0.4) is 0 Å². The number of hydrogen-bond donors (Lipinski definition) is 0. The number of amides is 2. The molecule has 0 N–H and O–H groups in total. The highest BCUT2D eigenvalue weighted by Gasteiger charge is 2.42. The molecular formula is C23H19F4N3O7. The second-order valence-corrected chi connectivity index (χ2v) is 8.08. The number of ketones is 1. The van der Waals surface area contributed by atoms with E-state index in [9.17, 15) is 42.1 Å². The number of imide groups is 1. The molecule has 2 aromatic rings. The normalized spacial score (nSPS) is 17.1. The lowest BCUT2D eigenvalue weighted by Gasteiger charge is -2.20. The Morgan fingerprint density at radius 1 is 1.27 bits per heavy atom. The van der Waals surface area contributed by atoms with Crippen LogP contribution in [0.5, 0.6) is 17.4 Å². The number of halogens is 4. The molecule has 2 unspecified atom stereocenters. The predicted molar refractivity (Wildman–Crippen MR) is 119 cm³/mol. The van der Waals surface area contributed by atoms with Gasteiger partial charge in [-0.15, -0.1) is 0 Å². The van der Waals surface area contributed by atoms with Crippen LogP contribution in [0.2, 0.25) is 0 Å². The minimum Gasteiger partial charge on any atom is -0.464 e. The average molecular weight is 525 g/mol. The van der Waals surface area contributed by atoms with Gasteiger partial charge >= 0.3 is 11.9 Å². The molecule has 1 aliphatic rings. The molecule has 1 aliphatic heterocycles. The first-order valence-electron chi connectivity index (χ1n) is 10.6. The van der Waals surface area contributed by atoms with E-state index in [-0.39, 0.29) is 28.4 Å². The maximum Gasteiger partial charge on any atom is 0.413 e. The van der Waals surface area contributed by atoms with E-state index in [1.54, 1.807) is 0 Å². The summed E-state index contributed by atoms with van der Waals surface area (Å²) in [4.78, 5) is 51.5. The summed E-state index contributed by atoms with van der Waals surface area (Å²) in [5, 5.41) is 11.6. The molecule has 1 aromatic carbocycles. The summed E-state index contributed by atoms with van der Waals surface area (Å²) in [7, 11) is 0. The Balaban J connectivity index is 2.11. The largest absolute Gasteiger partial charge is 0.464 e. The Labute approximate surface area is 206 Å². The van der Waals surface area contributed by atoms with E-state index in [2.05, 4.69) is 4.98 Å². The lowest BCUT2D eigenvalue weighted by molar-refractivity contribution is -0.385. The number of hydrogen-bond acceptors (Lipinski definition) is 8. The number of nitrogens with zero attached hydrogens (tertiary/aromatic N) is 3. The fourth-order valence-electron chi connectivity index (χ4n) is 3.38. The van der Waals surface area contributed by atoms with Crippen molar-refractivity contribution in [1.29, 1.82) is 0 Å². The van der Waals surface area contributed by atoms with E-state index in [1.165, 1.54) is 32.2 Å². The van der Waals surface area contributed by atoms with Crippen LogP contribution in [-0.4, -0.2) is 39.8 Å². The zero-order valence-corrected chi connectivity index (χ0v) is 19.5. The van der Waals surface area contributed by atoms with Crippen LogP contribution in [0, 0.1) is 21.8 Å². The van der Waals surface area contributed by atoms with E-state index in [0.717, 1.165) is 6.92 Å². The number of pyridine rings is 1. The molecule has 0 saturated heterocycles. The van der Waals surface area contributed by atoms with E-state index >= 15 is 0 Å². The first-order valence-corrected chi connectivity index (χ1v) is 10.6. The maximum absolute atomic E-state index is 14.9. The smallest absolute Gasteiger partial charge is 0.413 e. The fourth-order valence-corrected chi connectivity index (χ4v) is 3.38. The number of ether oxygens (including phenoxy) is 2. The molecule has 3 rings (SSSR count). The number of carbonyl (C=O) groups excluding carboxylic acids is 3. The third kappa shape index (κ3) is 5.90. The molecule has 1 aromatic heterocycles. The summed E-state index contributed by atoms with van der Waals surface area (Å²) < 4.78 is 65.9. The van der Waals surface area contributed by atoms with Gasteiger partial charge in [-0.2, -0.15) is 13.2 Å². The van der Waals surface area contributed by atoms with Crippen LogP contribution in [0.25, 0.3) is 0 Å². The molecule has 2 heterocycles. The lowest BCUT2D eigenvalue weighted by atomic mass is 9.97. The van der Waals surface area contributed by atoms with Crippen LogP contribution in [0.1, 0.15) is 27.2 Å². The SMILES string of the molecule is CC(=O)C(C)Oc1ncccc1Oc1cc(N2C(=O)C=C(C(F)(F)F)C(C)CC2=O)c(F)cc1[N+](=O)[O-]. The van der Waals surface area contributed by atoms with Crippen molar-refractivity contribution in [2.24, 2.45) is 5.92 Å². The molecule has 0 radical (unpaired) electrons. The second-order valence-electron chi connectivity index (χ2n) is 8.08. The molecule has 14 heteroatoms. The van der Waals surface area contributed by atoms with Crippen molar-refractivity contribution in [1.82, 2.24) is 4.98 Å². The zero-order chi connectivity index (χ0) is 27.7. The predicted octanol–water partition coefficient (Wildman–Crippen LogP) is 4.67. The third-order valence-corrected chi connectivity index (χ3v) is 5.37. The van der Waals surface area contributed by atoms with Crippen molar-refractivity contribution in [2.45, 2.75) is 39.5 Å². The average Bonchev–Trinajstić information content (AvgIpc) is 2.90. The number of benzene rings is 1. The third-order valence-electron chi connectivity index (χ3n) is 5.37. The zero-order valence-electron chi connectivity index (χ0n) is 19.5. The minimum absolute atomic E-state index is 0.166. The molecule has 0 bridgehead atoms. The standard InChI is InChI=1S/C23H19F4N3O7/c1-11-7-20(32)29(21(33)8-14(11)23(25,26)27)16-10-19(17(30(34)35)9-15(16)24)37-18-5-4-6-28-22(18)36-13(3)12(2)31/h4-6,8-11,13H,7H2,1-3H3. The van der Waals surface area contributed by atoms with Gasteiger partial charge in [0, 0.05) is 30.3 Å². The van der Waals surface area contributed by atoms with E-state index in [0.29, 0.717) is 12.1 Å². The number of nitro benzene ring substituents is 1. The van der Waals surface area contributed by atoms with Gasteiger partial charge in [0.05, 0.1) is 16.7 Å². The summed E-state index contributed by atoms with van der Waals surface area (Å²) in [5.41, 5.74) is -3.06. The van der Waals surface area contributed by atoms with Crippen LogP contribution in [-0.2, 0) is 14.4 Å². The van der Waals surface area contributed by atoms with Gasteiger partial charge in [-0.05, 0) is 31.9 Å². The van der Waals surface area contributed by atoms with Gasteiger partial charge in [-0.25, -0.2) is 14.3 Å². The number of Topliss-reactive ketones (excluding diaryl/α,β-unsaturated/α-hetero) is 1.